The van der Waals surface area contributed by atoms with E-state index in [1.54, 1.807) is 29.0 Å². The van der Waals surface area contributed by atoms with E-state index in [2.05, 4.69) is 36.2 Å². The van der Waals surface area contributed by atoms with Gasteiger partial charge in [0, 0.05) is 37.8 Å². The van der Waals surface area contributed by atoms with Crippen LogP contribution in [0.2, 0.25) is 0 Å². The van der Waals surface area contributed by atoms with Crippen molar-refractivity contribution in [2.24, 2.45) is 0 Å². The molecule has 0 aliphatic carbocycles. The van der Waals surface area contributed by atoms with Crippen LogP contribution >= 0.6 is 22.7 Å². The summed E-state index contributed by atoms with van der Waals surface area (Å²) in [6.45, 7) is 3.93. The van der Waals surface area contributed by atoms with Gasteiger partial charge >= 0.3 is 0 Å². The first-order chi connectivity index (χ1) is 9.92. The molecule has 0 bridgehead atoms. The summed E-state index contributed by atoms with van der Waals surface area (Å²) in [7, 11) is 0. The van der Waals surface area contributed by atoms with E-state index in [0.717, 1.165) is 42.0 Å². The molecule has 3 aromatic rings. The lowest BCUT2D eigenvalue weighted by atomic mass is 10.3. The molecular weight excluding hydrogens is 290 g/mol. The van der Waals surface area contributed by atoms with E-state index in [4.69, 9.17) is 0 Å². The molecule has 0 atom stereocenters. The zero-order valence-corrected chi connectivity index (χ0v) is 12.4. The monoisotopic (exact) mass is 303 g/mol. The SMILES string of the molecule is c1csc(N2CCN(c3ncnc4sccc34)CC2)n1. The molecule has 1 aliphatic rings. The summed E-state index contributed by atoms with van der Waals surface area (Å²) >= 11 is 3.37. The molecule has 0 unspecified atom stereocenters. The Morgan fingerprint density at radius 1 is 0.900 bits per heavy atom. The number of aromatic nitrogens is 3. The summed E-state index contributed by atoms with van der Waals surface area (Å²) < 4.78 is 0. The highest BCUT2D eigenvalue weighted by Crippen LogP contribution is 2.28. The van der Waals surface area contributed by atoms with Crippen molar-refractivity contribution in [2.75, 3.05) is 36.0 Å². The Hall–Kier alpha value is -1.73. The fourth-order valence-corrected chi connectivity index (χ4v) is 3.93. The number of hydrogen-bond donors (Lipinski definition) is 0. The second-order valence-electron chi connectivity index (χ2n) is 4.63. The number of thiophene rings is 1. The summed E-state index contributed by atoms with van der Waals surface area (Å²) in [6, 6.07) is 2.11. The third-order valence-electron chi connectivity index (χ3n) is 3.51. The lowest BCUT2D eigenvalue weighted by Crippen LogP contribution is -2.46. The first kappa shape index (κ1) is 12.0. The highest BCUT2D eigenvalue weighted by atomic mass is 32.1. The molecule has 0 spiro atoms. The van der Waals surface area contributed by atoms with Gasteiger partial charge in [-0.25, -0.2) is 15.0 Å². The molecular formula is C13H13N5S2. The Labute approximate surface area is 124 Å². The highest BCUT2D eigenvalue weighted by molar-refractivity contribution is 7.16. The summed E-state index contributed by atoms with van der Waals surface area (Å²) in [4.78, 5) is 18.9. The number of rotatable bonds is 2. The smallest absolute Gasteiger partial charge is 0.185 e. The van der Waals surface area contributed by atoms with E-state index >= 15 is 0 Å². The molecule has 4 heterocycles. The Bertz CT molecular complexity index is 700. The molecule has 0 amide bonds. The molecule has 5 nitrogen and oxygen atoms in total. The van der Waals surface area contributed by atoms with Gasteiger partial charge < -0.3 is 9.80 Å². The third kappa shape index (κ3) is 2.03. The van der Waals surface area contributed by atoms with E-state index in [-0.39, 0.29) is 0 Å². The van der Waals surface area contributed by atoms with Crippen molar-refractivity contribution < 1.29 is 0 Å². The Balaban J connectivity index is 1.56. The standard InChI is InChI=1S/C13H13N5S2/c1-7-19-12-10(1)11(15-9-16-12)17-3-5-18(6-4-17)13-14-2-8-20-13/h1-2,7-9H,3-6H2. The summed E-state index contributed by atoms with van der Waals surface area (Å²) in [5, 5.41) is 6.39. The summed E-state index contributed by atoms with van der Waals surface area (Å²) in [5.74, 6) is 1.06. The largest absolute Gasteiger partial charge is 0.352 e. The average molecular weight is 303 g/mol. The number of anilines is 2. The van der Waals surface area contributed by atoms with E-state index in [9.17, 15) is 0 Å². The van der Waals surface area contributed by atoms with Gasteiger partial charge in [-0.1, -0.05) is 0 Å². The lowest BCUT2D eigenvalue weighted by Gasteiger charge is -2.35. The third-order valence-corrected chi connectivity index (χ3v) is 5.16. The number of piperazine rings is 1. The summed E-state index contributed by atoms with van der Waals surface area (Å²) in [6.07, 6.45) is 3.53. The molecule has 102 valence electrons. The van der Waals surface area contributed by atoms with Gasteiger partial charge in [0.1, 0.15) is 17.0 Å². The second-order valence-corrected chi connectivity index (χ2v) is 6.39. The Morgan fingerprint density at radius 3 is 2.55 bits per heavy atom. The maximum Gasteiger partial charge on any atom is 0.185 e. The van der Waals surface area contributed by atoms with Crippen LogP contribution in [0.25, 0.3) is 10.2 Å². The predicted octanol–water partition coefficient (Wildman–Crippen LogP) is 2.47. The average Bonchev–Trinajstić information content (AvgIpc) is 3.18. The molecule has 1 aliphatic heterocycles. The van der Waals surface area contributed by atoms with Crippen molar-refractivity contribution >= 4 is 43.8 Å². The zero-order valence-electron chi connectivity index (χ0n) is 10.8. The maximum absolute atomic E-state index is 4.48. The summed E-state index contributed by atoms with van der Waals surface area (Å²) in [5.41, 5.74) is 0. The topological polar surface area (TPSA) is 45.2 Å². The van der Waals surface area contributed by atoms with E-state index < -0.39 is 0 Å². The van der Waals surface area contributed by atoms with Crippen molar-refractivity contribution in [1.29, 1.82) is 0 Å². The first-order valence-corrected chi connectivity index (χ1v) is 8.25. The minimum absolute atomic E-state index is 0.974. The minimum Gasteiger partial charge on any atom is -0.352 e. The van der Waals surface area contributed by atoms with E-state index in [1.165, 1.54) is 5.39 Å². The molecule has 0 N–H and O–H groups in total. The van der Waals surface area contributed by atoms with Crippen LogP contribution in [0.5, 0.6) is 0 Å². The van der Waals surface area contributed by atoms with Gasteiger partial charge in [0.25, 0.3) is 0 Å². The van der Waals surface area contributed by atoms with Gasteiger partial charge in [-0.2, -0.15) is 0 Å². The van der Waals surface area contributed by atoms with Crippen LogP contribution in [0.3, 0.4) is 0 Å². The van der Waals surface area contributed by atoms with Crippen molar-refractivity contribution in [1.82, 2.24) is 15.0 Å². The molecule has 1 fully saturated rings. The number of fused-ring (bicyclic) bond motifs is 1. The van der Waals surface area contributed by atoms with Crippen molar-refractivity contribution in [3.8, 4) is 0 Å². The molecule has 7 heteroatoms. The molecule has 1 saturated heterocycles. The van der Waals surface area contributed by atoms with Gasteiger partial charge in [-0.15, -0.1) is 22.7 Å². The molecule has 0 radical (unpaired) electrons. The molecule has 0 saturated carbocycles. The zero-order chi connectivity index (χ0) is 13.4. The predicted molar refractivity (Wildman–Crippen MR) is 84.0 cm³/mol. The van der Waals surface area contributed by atoms with Crippen LogP contribution in [0.15, 0.2) is 29.4 Å². The van der Waals surface area contributed by atoms with Gasteiger partial charge in [-0.05, 0) is 11.4 Å². The second kappa shape index (κ2) is 4.99. The molecule has 3 aromatic heterocycles. The number of thiazole rings is 1. The lowest BCUT2D eigenvalue weighted by molar-refractivity contribution is 0.647. The van der Waals surface area contributed by atoms with E-state index in [1.807, 2.05) is 11.6 Å². The fraction of sp³-hybridized carbons (Fsp3) is 0.308. The molecule has 4 rings (SSSR count). The van der Waals surface area contributed by atoms with Gasteiger partial charge in [-0.3, -0.25) is 0 Å². The number of nitrogens with zero attached hydrogens (tertiary/aromatic N) is 5. The van der Waals surface area contributed by atoms with Gasteiger partial charge in [0.15, 0.2) is 5.13 Å². The van der Waals surface area contributed by atoms with Crippen LogP contribution in [0.4, 0.5) is 10.9 Å². The minimum atomic E-state index is 0.974. The quantitative estimate of drug-likeness (QED) is 0.728. The fourth-order valence-electron chi connectivity index (χ4n) is 2.51. The van der Waals surface area contributed by atoms with Crippen LogP contribution in [-0.4, -0.2) is 41.1 Å². The molecule has 0 aromatic carbocycles. The normalized spacial score (nSPS) is 16.0. The maximum atomic E-state index is 4.48. The van der Waals surface area contributed by atoms with Crippen LogP contribution in [-0.2, 0) is 0 Å². The highest BCUT2D eigenvalue weighted by Gasteiger charge is 2.21. The number of hydrogen-bond acceptors (Lipinski definition) is 7. The first-order valence-electron chi connectivity index (χ1n) is 6.49. The van der Waals surface area contributed by atoms with Crippen molar-refractivity contribution in [2.45, 2.75) is 0 Å². The van der Waals surface area contributed by atoms with Crippen LogP contribution in [0.1, 0.15) is 0 Å². The van der Waals surface area contributed by atoms with Gasteiger partial charge in [0.2, 0.25) is 0 Å². The van der Waals surface area contributed by atoms with Gasteiger partial charge in [0.05, 0.1) is 5.39 Å². The van der Waals surface area contributed by atoms with Crippen molar-refractivity contribution in [3.05, 3.63) is 29.4 Å². The molecule has 20 heavy (non-hydrogen) atoms. The van der Waals surface area contributed by atoms with Crippen LogP contribution in [0, 0.1) is 0 Å². The Morgan fingerprint density at radius 2 is 1.75 bits per heavy atom. The van der Waals surface area contributed by atoms with E-state index in [0.29, 0.717) is 0 Å². The Kier molecular flexibility index (Phi) is 3.00. The van der Waals surface area contributed by atoms with Crippen LogP contribution < -0.4 is 9.80 Å². The van der Waals surface area contributed by atoms with Crippen molar-refractivity contribution in [3.63, 3.8) is 0 Å².